The Morgan fingerprint density at radius 2 is 1.81 bits per heavy atom. The fourth-order valence-electron chi connectivity index (χ4n) is 6.43. The second-order valence-electron chi connectivity index (χ2n) is 11.2. The molecule has 0 aliphatic carbocycles. The number of benzene rings is 3. The first-order chi connectivity index (χ1) is 20.9. The standard InChI is InChI=1S/C32H28FN7O3/c33-25-14-20(15-34)4-6-26(25)38-12-10-37(11-13-38)17-21-16-35-39(18-21)19-22-5-7-27-30-23(22)2-1-3-24(30)32(43)40(27)28-8-9-29(41)36-31(28)42/h1-7,14,16,18,28H,8-13,17,19H2,(H,36,41,42)/t28-/m0/s1. The molecule has 4 aromatic rings. The summed E-state index contributed by atoms with van der Waals surface area (Å²) in [5, 5.41) is 17.7. The summed E-state index contributed by atoms with van der Waals surface area (Å²) in [6, 6.07) is 15.3. The molecule has 3 aliphatic heterocycles. The van der Waals surface area contributed by atoms with Gasteiger partial charge >= 0.3 is 0 Å². The molecular formula is C32H28FN7O3. The lowest BCUT2D eigenvalue weighted by Gasteiger charge is -2.36. The number of piperazine rings is 1. The first kappa shape index (κ1) is 26.8. The zero-order valence-corrected chi connectivity index (χ0v) is 23.3. The first-order valence-corrected chi connectivity index (χ1v) is 14.3. The number of nitrogens with one attached hydrogen (secondary N) is 1. The number of carbonyl (C=O) groups is 3. The van der Waals surface area contributed by atoms with Gasteiger partial charge in [0.15, 0.2) is 0 Å². The van der Waals surface area contributed by atoms with Crippen LogP contribution in [-0.2, 0) is 22.7 Å². The molecule has 3 aliphatic rings. The topological polar surface area (TPSA) is 115 Å². The SMILES string of the molecule is N#Cc1ccc(N2CCN(Cc3cnn(Cc4ccc5c6c(cccc46)C(=O)N5[C@H]4CCC(=O)NC4=O)c3)CC2)c(F)c1. The number of anilines is 2. The fraction of sp³-hybridized carbons (Fsp3) is 0.281. The van der Waals surface area contributed by atoms with Crippen LogP contribution in [0.5, 0.6) is 0 Å². The first-order valence-electron chi connectivity index (χ1n) is 14.3. The zero-order valence-electron chi connectivity index (χ0n) is 23.3. The monoisotopic (exact) mass is 577 g/mol. The van der Waals surface area contributed by atoms with Crippen molar-refractivity contribution in [2.75, 3.05) is 36.0 Å². The van der Waals surface area contributed by atoms with E-state index in [-0.39, 0.29) is 24.1 Å². The maximum Gasteiger partial charge on any atom is 0.259 e. The van der Waals surface area contributed by atoms with Gasteiger partial charge in [-0.15, -0.1) is 0 Å². The van der Waals surface area contributed by atoms with Crippen LogP contribution in [0.2, 0.25) is 0 Å². The van der Waals surface area contributed by atoms with E-state index < -0.39 is 11.9 Å². The van der Waals surface area contributed by atoms with Crippen molar-refractivity contribution < 1.29 is 18.8 Å². The molecule has 0 radical (unpaired) electrons. The van der Waals surface area contributed by atoms with Crippen molar-refractivity contribution in [2.45, 2.75) is 32.0 Å². The fourth-order valence-corrected chi connectivity index (χ4v) is 6.43. The minimum absolute atomic E-state index is 0.199. The number of nitriles is 1. The van der Waals surface area contributed by atoms with Crippen molar-refractivity contribution in [1.82, 2.24) is 20.0 Å². The van der Waals surface area contributed by atoms with E-state index in [2.05, 4.69) is 15.3 Å². The van der Waals surface area contributed by atoms with Crippen molar-refractivity contribution >= 4 is 39.9 Å². The minimum atomic E-state index is -0.717. The summed E-state index contributed by atoms with van der Waals surface area (Å²) in [5.41, 5.74) is 4.17. The molecule has 2 saturated heterocycles. The van der Waals surface area contributed by atoms with Gasteiger partial charge in [-0.2, -0.15) is 10.4 Å². The molecule has 2 fully saturated rings. The lowest BCUT2D eigenvalue weighted by molar-refractivity contribution is -0.134. The molecular weight excluding hydrogens is 549 g/mol. The normalized spacial score (nSPS) is 18.8. The van der Waals surface area contributed by atoms with Crippen molar-refractivity contribution in [3.8, 4) is 6.07 Å². The molecule has 1 N–H and O–H groups in total. The third-order valence-corrected chi connectivity index (χ3v) is 8.55. The molecule has 3 amide bonds. The summed E-state index contributed by atoms with van der Waals surface area (Å²) < 4.78 is 16.4. The highest BCUT2D eigenvalue weighted by molar-refractivity contribution is 6.27. The Morgan fingerprint density at radius 3 is 2.58 bits per heavy atom. The van der Waals surface area contributed by atoms with Gasteiger partial charge in [0.2, 0.25) is 11.8 Å². The van der Waals surface area contributed by atoms with E-state index in [1.54, 1.807) is 18.2 Å². The van der Waals surface area contributed by atoms with Gasteiger partial charge < -0.3 is 4.90 Å². The predicted molar refractivity (Wildman–Crippen MR) is 157 cm³/mol. The highest BCUT2D eigenvalue weighted by Gasteiger charge is 2.40. The van der Waals surface area contributed by atoms with Crippen LogP contribution in [0.3, 0.4) is 0 Å². The Balaban J connectivity index is 1.04. The van der Waals surface area contributed by atoms with Gasteiger partial charge in [0.1, 0.15) is 11.9 Å². The largest absolute Gasteiger partial charge is 0.367 e. The Kier molecular flexibility index (Phi) is 6.63. The van der Waals surface area contributed by atoms with Gasteiger partial charge in [-0.3, -0.25) is 34.2 Å². The number of halogens is 1. The molecule has 10 nitrogen and oxygen atoms in total. The number of hydrogen-bond donors (Lipinski definition) is 1. The van der Waals surface area contributed by atoms with Gasteiger partial charge in [-0.05, 0) is 47.7 Å². The molecule has 0 bridgehead atoms. The Labute approximate surface area is 246 Å². The van der Waals surface area contributed by atoms with Gasteiger partial charge in [0.05, 0.1) is 35.7 Å². The van der Waals surface area contributed by atoms with Gasteiger partial charge in [0.25, 0.3) is 5.91 Å². The van der Waals surface area contributed by atoms with Crippen LogP contribution in [0.15, 0.2) is 60.9 Å². The summed E-state index contributed by atoms with van der Waals surface area (Å²) in [6.45, 7) is 4.16. The highest BCUT2D eigenvalue weighted by Crippen LogP contribution is 2.41. The van der Waals surface area contributed by atoms with E-state index in [0.717, 1.165) is 41.5 Å². The van der Waals surface area contributed by atoms with Gasteiger partial charge in [-0.1, -0.05) is 18.2 Å². The van der Waals surface area contributed by atoms with Crippen LogP contribution in [-0.4, -0.2) is 64.6 Å². The summed E-state index contributed by atoms with van der Waals surface area (Å²) in [5.74, 6) is -1.35. The number of piperidine rings is 1. The lowest BCUT2D eigenvalue weighted by Crippen LogP contribution is -2.53. The summed E-state index contributed by atoms with van der Waals surface area (Å²) in [6.07, 6.45) is 4.38. The van der Waals surface area contributed by atoms with E-state index in [0.29, 0.717) is 48.6 Å². The molecule has 1 aromatic heterocycles. The van der Waals surface area contributed by atoms with E-state index in [1.807, 2.05) is 52.3 Å². The average Bonchev–Trinajstić information content (AvgIpc) is 3.57. The molecule has 0 unspecified atom stereocenters. The number of aromatic nitrogens is 2. The Morgan fingerprint density at radius 1 is 1.00 bits per heavy atom. The number of imide groups is 1. The van der Waals surface area contributed by atoms with Crippen molar-refractivity contribution in [3.63, 3.8) is 0 Å². The number of rotatable bonds is 6. The third-order valence-electron chi connectivity index (χ3n) is 8.55. The van der Waals surface area contributed by atoms with E-state index in [9.17, 15) is 18.8 Å². The van der Waals surface area contributed by atoms with Crippen LogP contribution in [0, 0.1) is 17.1 Å². The van der Waals surface area contributed by atoms with Crippen molar-refractivity contribution in [3.05, 3.63) is 89.0 Å². The molecule has 0 saturated carbocycles. The maximum absolute atomic E-state index is 14.5. The van der Waals surface area contributed by atoms with E-state index in [4.69, 9.17) is 5.26 Å². The van der Waals surface area contributed by atoms with Crippen LogP contribution >= 0.6 is 0 Å². The molecule has 216 valence electrons. The molecule has 1 atom stereocenters. The number of hydrogen-bond acceptors (Lipinski definition) is 7. The molecule has 4 heterocycles. The van der Waals surface area contributed by atoms with Crippen molar-refractivity contribution in [2.24, 2.45) is 0 Å². The molecule has 43 heavy (non-hydrogen) atoms. The summed E-state index contributed by atoms with van der Waals surface area (Å²) in [7, 11) is 0. The third kappa shape index (κ3) is 4.79. The van der Waals surface area contributed by atoms with Crippen LogP contribution < -0.4 is 15.1 Å². The second-order valence-corrected chi connectivity index (χ2v) is 11.2. The highest BCUT2D eigenvalue weighted by atomic mass is 19.1. The molecule has 3 aromatic carbocycles. The second kappa shape index (κ2) is 10.6. The van der Waals surface area contributed by atoms with Gasteiger partial charge in [-0.25, -0.2) is 4.39 Å². The maximum atomic E-state index is 14.5. The van der Waals surface area contributed by atoms with E-state index >= 15 is 0 Å². The average molecular weight is 578 g/mol. The number of nitrogens with zero attached hydrogens (tertiary/aromatic N) is 6. The Hall–Kier alpha value is -5.08. The molecule has 7 rings (SSSR count). The zero-order chi connectivity index (χ0) is 29.7. The van der Waals surface area contributed by atoms with E-state index in [1.165, 1.54) is 11.0 Å². The Bertz CT molecular complexity index is 1840. The number of carbonyl (C=O) groups excluding carboxylic acids is 3. The molecule has 11 heteroatoms. The number of amides is 3. The summed E-state index contributed by atoms with van der Waals surface area (Å²) in [4.78, 5) is 43.6. The van der Waals surface area contributed by atoms with Crippen molar-refractivity contribution in [1.29, 1.82) is 5.26 Å². The smallest absolute Gasteiger partial charge is 0.259 e. The lowest BCUT2D eigenvalue weighted by atomic mass is 10.00. The predicted octanol–water partition coefficient (Wildman–Crippen LogP) is 3.18. The van der Waals surface area contributed by atoms with Crippen LogP contribution in [0.1, 0.15) is 39.9 Å². The molecule has 0 spiro atoms. The quantitative estimate of drug-likeness (QED) is 0.350. The van der Waals surface area contributed by atoms with Crippen LogP contribution in [0.4, 0.5) is 15.8 Å². The van der Waals surface area contributed by atoms with Gasteiger partial charge in [0, 0.05) is 61.9 Å². The minimum Gasteiger partial charge on any atom is -0.367 e. The summed E-state index contributed by atoms with van der Waals surface area (Å²) >= 11 is 0. The van der Waals surface area contributed by atoms with Crippen LogP contribution in [0.25, 0.3) is 10.8 Å².